The number of nitrogens with one attached hydrogen (secondary N) is 1. The van der Waals surface area contributed by atoms with Crippen molar-refractivity contribution < 1.29 is 12.8 Å². The Balaban J connectivity index is 2.20. The third-order valence-electron chi connectivity index (χ3n) is 3.58. The number of hydrogen-bond donors (Lipinski definition) is 2. The van der Waals surface area contributed by atoms with Crippen LogP contribution in [-0.2, 0) is 16.6 Å². The molecular formula is C13H19FN2O2S2. The maximum Gasteiger partial charge on any atom is 0.241 e. The van der Waals surface area contributed by atoms with Crippen molar-refractivity contribution in [1.29, 1.82) is 0 Å². The molecule has 1 saturated carbocycles. The molecule has 0 amide bonds. The molecule has 0 radical (unpaired) electrons. The van der Waals surface area contributed by atoms with Gasteiger partial charge < -0.3 is 5.73 Å². The van der Waals surface area contributed by atoms with Crippen LogP contribution in [0.2, 0.25) is 0 Å². The van der Waals surface area contributed by atoms with Gasteiger partial charge in [-0.1, -0.05) is 6.07 Å². The van der Waals surface area contributed by atoms with E-state index in [0.717, 1.165) is 25.3 Å². The molecule has 0 aliphatic heterocycles. The Morgan fingerprint density at radius 3 is 2.80 bits per heavy atom. The molecule has 2 unspecified atom stereocenters. The first-order chi connectivity index (χ1) is 9.46. The normalized spacial score (nSPS) is 23.1. The minimum atomic E-state index is -3.72. The number of benzene rings is 1. The van der Waals surface area contributed by atoms with Crippen LogP contribution in [0.5, 0.6) is 0 Å². The molecule has 0 bridgehead atoms. The number of halogens is 1. The summed E-state index contributed by atoms with van der Waals surface area (Å²) in [4.78, 5) is -0.0485. The minimum Gasteiger partial charge on any atom is -0.326 e. The smallest absolute Gasteiger partial charge is 0.241 e. The quantitative estimate of drug-likeness (QED) is 0.869. The molecule has 1 aromatic rings. The van der Waals surface area contributed by atoms with Crippen LogP contribution in [0, 0.1) is 5.82 Å². The summed E-state index contributed by atoms with van der Waals surface area (Å²) in [7, 11) is -3.72. The lowest BCUT2D eigenvalue weighted by Gasteiger charge is -2.15. The van der Waals surface area contributed by atoms with Gasteiger partial charge in [0.05, 0.1) is 4.90 Å². The Hall–Kier alpha value is -0.630. The van der Waals surface area contributed by atoms with E-state index < -0.39 is 15.8 Å². The van der Waals surface area contributed by atoms with Gasteiger partial charge in [-0.05, 0) is 43.2 Å². The van der Waals surface area contributed by atoms with Crippen molar-refractivity contribution in [2.45, 2.75) is 42.0 Å². The Kier molecular flexibility index (Phi) is 5.06. The predicted molar refractivity (Wildman–Crippen MR) is 79.6 cm³/mol. The Morgan fingerprint density at radius 2 is 2.20 bits per heavy atom. The van der Waals surface area contributed by atoms with E-state index >= 15 is 0 Å². The number of rotatable bonds is 5. The highest BCUT2D eigenvalue weighted by atomic mass is 32.2. The summed E-state index contributed by atoms with van der Waals surface area (Å²) in [6, 6.07) is 3.60. The summed E-state index contributed by atoms with van der Waals surface area (Å²) in [6.07, 6.45) is 4.66. The largest absolute Gasteiger partial charge is 0.326 e. The molecular weight excluding hydrogens is 299 g/mol. The lowest BCUT2D eigenvalue weighted by atomic mass is 10.2. The second kappa shape index (κ2) is 6.43. The van der Waals surface area contributed by atoms with Crippen molar-refractivity contribution >= 4 is 21.8 Å². The molecule has 2 atom stereocenters. The Bertz CT molecular complexity index is 578. The molecule has 1 fully saturated rings. The summed E-state index contributed by atoms with van der Waals surface area (Å²) in [5.41, 5.74) is 5.96. The fourth-order valence-corrected chi connectivity index (χ4v) is 4.83. The minimum absolute atomic E-state index is 0.0485. The third kappa shape index (κ3) is 3.52. The van der Waals surface area contributed by atoms with E-state index in [4.69, 9.17) is 5.73 Å². The van der Waals surface area contributed by atoms with Crippen LogP contribution in [0.3, 0.4) is 0 Å². The Labute approximate surface area is 123 Å². The molecule has 0 saturated heterocycles. The van der Waals surface area contributed by atoms with Crippen molar-refractivity contribution in [1.82, 2.24) is 4.72 Å². The van der Waals surface area contributed by atoms with Gasteiger partial charge >= 0.3 is 0 Å². The fraction of sp³-hybridized carbons (Fsp3) is 0.538. The number of hydrogen-bond acceptors (Lipinski definition) is 4. The fourth-order valence-electron chi connectivity index (χ4n) is 2.49. The highest BCUT2D eigenvalue weighted by molar-refractivity contribution is 7.99. The predicted octanol–water partition coefficient (Wildman–Crippen LogP) is 1.85. The zero-order chi connectivity index (χ0) is 14.8. The van der Waals surface area contributed by atoms with Crippen molar-refractivity contribution in [3.05, 3.63) is 29.6 Å². The van der Waals surface area contributed by atoms with Crippen LogP contribution in [0.1, 0.15) is 24.8 Å². The summed E-state index contributed by atoms with van der Waals surface area (Å²) < 4.78 is 40.7. The van der Waals surface area contributed by atoms with Gasteiger partial charge in [-0.2, -0.15) is 11.8 Å². The van der Waals surface area contributed by atoms with Gasteiger partial charge in [0.2, 0.25) is 10.0 Å². The van der Waals surface area contributed by atoms with Gasteiger partial charge in [-0.15, -0.1) is 0 Å². The highest BCUT2D eigenvalue weighted by Gasteiger charge is 2.29. The van der Waals surface area contributed by atoms with Gasteiger partial charge in [0, 0.05) is 17.8 Å². The van der Waals surface area contributed by atoms with Gasteiger partial charge in [0.1, 0.15) is 5.82 Å². The van der Waals surface area contributed by atoms with E-state index in [1.165, 1.54) is 12.1 Å². The summed E-state index contributed by atoms with van der Waals surface area (Å²) in [5.74, 6) is -0.573. The lowest BCUT2D eigenvalue weighted by molar-refractivity contribution is 0.549. The summed E-state index contributed by atoms with van der Waals surface area (Å²) >= 11 is 1.75. The molecule has 112 valence electrons. The van der Waals surface area contributed by atoms with Crippen molar-refractivity contribution in [2.75, 3.05) is 6.26 Å². The SMILES string of the molecule is CSC1CCC(NS(=O)(=O)c2cc(F)ccc2CN)C1. The molecule has 0 aromatic heterocycles. The van der Waals surface area contributed by atoms with E-state index in [1.807, 2.05) is 6.26 Å². The van der Waals surface area contributed by atoms with Crippen molar-refractivity contribution in [3.63, 3.8) is 0 Å². The molecule has 4 nitrogen and oxygen atoms in total. The lowest BCUT2D eigenvalue weighted by Crippen LogP contribution is -2.34. The molecule has 1 aromatic carbocycles. The second-order valence-corrected chi connectivity index (χ2v) is 7.77. The zero-order valence-corrected chi connectivity index (χ0v) is 12.9. The van der Waals surface area contributed by atoms with Crippen LogP contribution in [0.25, 0.3) is 0 Å². The van der Waals surface area contributed by atoms with E-state index in [9.17, 15) is 12.8 Å². The van der Waals surface area contributed by atoms with Crippen molar-refractivity contribution in [3.8, 4) is 0 Å². The van der Waals surface area contributed by atoms with E-state index in [0.29, 0.717) is 10.8 Å². The molecule has 0 heterocycles. The average Bonchev–Trinajstić information content (AvgIpc) is 2.85. The van der Waals surface area contributed by atoms with Crippen LogP contribution in [0.15, 0.2) is 23.1 Å². The second-order valence-electron chi connectivity index (χ2n) is 4.95. The molecule has 20 heavy (non-hydrogen) atoms. The standard InChI is InChI=1S/C13H19FN2O2S2/c1-19-12-5-4-11(7-12)16-20(17,18)13-6-10(14)3-2-9(13)8-15/h2-3,6,11-12,16H,4-5,7-8,15H2,1H3. The zero-order valence-electron chi connectivity index (χ0n) is 11.3. The molecule has 2 rings (SSSR count). The average molecular weight is 318 g/mol. The number of nitrogens with two attached hydrogens (primary N) is 1. The molecule has 7 heteroatoms. The van der Waals surface area contributed by atoms with E-state index in [-0.39, 0.29) is 17.5 Å². The molecule has 1 aliphatic carbocycles. The van der Waals surface area contributed by atoms with E-state index in [1.54, 1.807) is 11.8 Å². The van der Waals surface area contributed by atoms with Gasteiger partial charge in [0.15, 0.2) is 0 Å². The molecule has 3 N–H and O–H groups in total. The van der Waals surface area contributed by atoms with Gasteiger partial charge in [-0.3, -0.25) is 0 Å². The highest BCUT2D eigenvalue weighted by Crippen LogP contribution is 2.29. The maximum absolute atomic E-state index is 13.3. The van der Waals surface area contributed by atoms with Crippen LogP contribution >= 0.6 is 11.8 Å². The van der Waals surface area contributed by atoms with Crippen LogP contribution in [-0.4, -0.2) is 26.0 Å². The summed E-state index contributed by atoms with van der Waals surface area (Å²) in [6.45, 7) is 0.0641. The number of sulfonamides is 1. The third-order valence-corrected chi connectivity index (χ3v) is 6.28. The monoisotopic (exact) mass is 318 g/mol. The first kappa shape index (κ1) is 15.8. The Morgan fingerprint density at radius 1 is 1.45 bits per heavy atom. The first-order valence-electron chi connectivity index (χ1n) is 6.50. The maximum atomic E-state index is 13.3. The van der Waals surface area contributed by atoms with E-state index in [2.05, 4.69) is 4.72 Å². The topological polar surface area (TPSA) is 72.2 Å². The number of thioether (sulfide) groups is 1. The van der Waals surface area contributed by atoms with Crippen LogP contribution in [0.4, 0.5) is 4.39 Å². The molecule has 1 aliphatic rings. The van der Waals surface area contributed by atoms with Crippen molar-refractivity contribution in [2.24, 2.45) is 5.73 Å². The van der Waals surface area contributed by atoms with Gasteiger partial charge in [0.25, 0.3) is 0 Å². The summed E-state index contributed by atoms with van der Waals surface area (Å²) in [5, 5.41) is 0.490. The first-order valence-corrected chi connectivity index (χ1v) is 9.27. The van der Waals surface area contributed by atoms with Gasteiger partial charge in [-0.25, -0.2) is 17.5 Å². The molecule has 0 spiro atoms. The van der Waals surface area contributed by atoms with Crippen LogP contribution < -0.4 is 10.5 Å².